The lowest BCUT2D eigenvalue weighted by atomic mass is 10.1. The van der Waals surface area contributed by atoms with Gasteiger partial charge in [-0.15, -0.1) is 0 Å². The van der Waals surface area contributed by atoms with Gasteiger partial charge in [-0.1, -0.05) is 31.2 Å². The highest BCUT2D eigenvalue weighted by Crippen LogP contribution is 2.16. The molecule has 0 bridgehead atoms. The number of pyridine rings is 1. The van der Waals surface area contributed by atoms with Crippen molar-refractivity contribution in [3.8, 4) is 11.3 Å². The highest BCUT2D eigenvalue weighted by molar-refractivity contribution is 5.59. The summed E-state index contributed by atoms with van der Waals surface area (Å²) in [6.45, 7) is 1.87. The van der Waals surface area contributed by atoms with Crippen LogP contribution in [0.5, 0.6) is 0 Å². The molecular weight excluding hydrogens is 214 g/mol. The predicted octanol–water partition coefficient (Wildman–Crippen LogP) is 2.10. The van der Waals surface area contributed by atoms with Crippen molar-refractivity contribution < 1.29 is 5.11 Å². The smallest absolute Gasteiger partial charge is 0.253 e. The molecule has 0 amide bonds. The standard InChI is InChI=1S/C14H15NO2/c1-2-10-3-5-11(6-4-10)13-8-7-12(9-16)14(17)15-13/h3-8,16H,2,9H2,1H3,(H,15,17). The zero-order chi connectivity index (χ0) is 12.3. The first kappa shape index (κ1) is 11.6. The minimum Gasteiger partial charge on any atom is -0.391 e. The van der Waals surface area contributed by atoms with E-state index >= 15 is 0 Å². The summed E-state index contributed by atoms with van der Waals surface area (Å²) in [4.78, 5) is 14.3. The van der Waals surface area contributed by atoms with Gasteiger partial charge in [0.05, 0.1) is 6.61 Å². The Balaban J connectivity index is 2.39. The largest absolute Gasteiger partial charge is 0.391 e. The maximum atomic E-state index is 11.6. The average molecular weight is 229 g/mol. The Morgan fingerprint density at radius 2 is 1.82 bits per heavy atom. The predicted molar refractivity (Wildman–Crippen MR) is 67.8 cm³/mol. The summed E-state index contributed by atoms with van der Waals surface area (Å²) in [6, 6.07) is 11.5. The summed E-state index contributed by atoms with van der Waals surface area (Å²) >= 11 is 0. The normalized spacial score (nSPS) is 10.5. The van der Waals surface area contributed by atoms with Gasteiger partial charge >= 0.3 is 0 Å². The lowest BCUT2D eigenvalue weighted by Crippen LogP contribution is -2.12. The van der Waals surface area contributed by atoms with Crippen LogP contribution in [0.3, 0.4) is 0 Å². The minimum atomic E-state index is -0.232. The van der Waals surface area contributed by atoms with Gasteiger partial charge in [0.1, 0.15) is 0 Å². The average Bonchev–Trinajstić information content (AvgIpc) is 2.39. The van der Waals surface area contributed by atoms with Gasteiger partial charge in [-0.2, -0.15) is 0 Å². The molecule has 1 heterocycles. The Labute approximate surface area is 99.8 Å². The van der Waals surface area contributed by atoms with Gasteiger partial charge in [0.2, 0.25) is 0 Å². The van der Waals surface area contributed by atoms with Gasteiger partial charge in [-0.3, -0.25) is 4.79 Å². The molecule has 0 aliphatic rings. The fraction of sp³-hybridized carbons (Fsp3) is 0.214. The van der Waals surface area contributed by atoms with Crippen molar-refractivity contribution in [2.45, 2.75) is 20.0 Å². The summed E-state index contributed by atoms with van der Waals surface area (Å²) in [6.07, 6.45) is 1.00. The number of hydrogen-bond donors (Lipinski definition) is 2. The fourth-order valence-electron chi connectivity index (χ4n) is 1.72. The molecule has 0 radical (unpaired) electrons. The second-order valence-corrected chi connectivity index (χ2v) is 3.93. The van der Waals surface area contributed by atoms with E-state index in [4.69, 9.17) is 5.11 Å². The molecule has 0 aliphatic heterocycles. The number of aromatic nitrogens is 1. The summed E-state index contributed by atoms with van der Waals surface area (Å²) in [5.41, 5.74) is 3.17. The van der Waals surface area contributed by atoms with E-state index in [2.05, 4.69) is 11.9 Å². The second kappa shape index (κ2) is 4.97. The molecule has 0 unspecified atom stereocenters. The lowest BCUT2D eigenvalue weighted by molar-refractivity contribution is 0.280. The molecule has 2 aromatic rings. The van der Waals surface area contributed by atoms with Crippen LogP contribution in [0.15, 0.2) is 41.2 Å². The number of aromatic amines is 1. The molecule has 3 heteroatoms. The maximum Gasteiger partial charge on any atom is 0.253 e. The van der Waals surface area contributed by atoms with Crippen molar-refractivity contribution in [2.75, 3.05) is 0 Å². The maximum absolute atomic E-state index is 11.6. The number of H-pyrrole nitrogens is 1. The molecule has 88 valence electrons. The monoisotopic (exact) mass is 229 g/mol. The van der Waals surface area contributed by atoms with E-state index < -0.39 is 0 Å². The topological polar surface area (TPSA) is 53.1 Å². The van der Waals surface area contributed by atoms with Crippen molar-refractivity contribution in [1.82, 2.24) is 4.98 Å². The number of hydrogen-bond acceptors (Lipinski definition) is 2. The van der Waals surface area contributed by atoms with Crippen LogP contribution < -0.4 is 5.56 Å². The zero-order valence-electron chi connectivity index (χ0n) is 9.73. The van der Waals surface area contributed by atoms with Gasteiger partial charge in [-0.05, 0) is 29.7 Å². The van der Waals surface area contributed by atoms with Crippen LogP contribution in [0.4, 0.5) is 0 Å². The highest BCUT2D eigenvalue weighted by Gasteiger charge is 2.02. The Bertz CT molecular complexity index is 555. The second-order valence-electron chi connectivity index (χ2n) is 3.93. The molecular formula is C14H15NO2. The number of rotatable bonds is 3. The number of benzene rings is 1. The van der Waals surface area contributed by atoms with Gasteiger partial charge in [0.15, 0.2) is 0 Å². The molecule has 0 fully saturated rings. The van der Waals surface area contributed by atoms with E-state index in [1.807, 2.05) is 30.3 Å². The van der Waals surface area contributed by atoms with Crippen LogP contribution in [-0.2, 0) is 13.0 Å². The molecule has 3 nitrogen and oxygen atoms in total. The molecule has 0 aliphatic carbocycles. The van der Waals surface area contributed by atoms with Crippen LogP contribution >= 0.6 is 0 Å². The number of aliphatic hydroxyl groups is 1. The minimum absolute atomic E-state index is 0.232. The summed E-state index contributed by atoms with van der Waals surface area (Å²) in [5.74, 6) is 0. The molecule has 0 atom stereocenters. The summed E-state index contributed by atoms with van der Waals surface area (Å²) in [7, 11) is 0. The molecule has 0 saturated carbocycles. The Hall–Kier alpha value is -1.87. The zero-order valence-corrected chi connectivity index (χ0v) is 9.73. The van der Waals surface area contributed by atoms with Gasteiger partial charge < -0.3 is 10.1 Å². The van der Waals surface area contributed by atoms with E-state index in [1.165, 1.54) is 5.56 Å². The van der Waals surface area contributed by atoms with Crippen molar-refractivity contribution in [3.05, 3.63) is 57.9 Å². The third-order valence-electron chi connectivity index (χ3n) is 2.83. The Morgan fingerprint density at radius 3 is 2.35 bits per heavy atom. The lowest BCUT2D eigenvalue weighted by Gasteiger charge is -2.04. The highest BCUT2D eigenvalue weighted by atomic mass is 16.3. The summed E-state index contributed by atoms with van der Waals surface area (Å²) in [5, 5.41) is 8.93. The van der Waals surface area contributed by atoms with Crippen LogP contribution in [0, 0.1) is 0 Å². The van der Waals surface area contributed by atoms with Crippen molar-refractivity contribution in [1.29, 1.82) is 0 Å². The molecule has 0 spiro atoms. The van der Waals surface area contributed by atoms with Gasteiger partial charge in [0, 0.05) is 11.3 Å². The van der Waals surface area contributed by atoms with Crippen LogP contribution in [0.25, 0.3) is 11.3 Å². The van der Waals surface area contributed by atoms with Gasteiger partial charge in [0.25, 0.3) is 5.56 Å². The molecule has 17 heavy (non-hydrogen) atoms. The molecule has 0 saturated heterocycles. The van der Waals surface area contributed by atoms with E-state index in [1.54, 1.807) is 6.07 Å². The van der Waals surface area contributed by atoms with E-state index in [0.717, 1.165) is 17.7 Å². The van der Waals surface area contributed by atoms with Crippen LogP contribution in [0.2, 0.25) is 0 Å². The molecule has 1 aromatic carbocycles. The van der Waals surface area contributed by atoms with E-state index in [0.29, 0.717) is 5.56 Å². The van der Waals surface area contributed by atoms with Crippen molar-refractivity contribution in [3.63, 3.8) is 0 Å². The van der Waals surface area contributed by atoms with Gasteiger partial charge in [-0.25, -0.2) is 0 Å². The number of aryl methyl sites for hydroxylation is 1. The van der Waals surface area contributed by atoms with Crippen molar-refractivity contribution in [2.24, 2.45) is 0 Å². The summed E-state index contributed by atoms with van der Waals surface area (Å²) < 4.78 is 0. The molecule has 1 aromatic heterocycles. The first-order valence-electron chi connectivity index (χ1n) is 5.67. The Morgan fingerprint density at radius 1 is 1.12 bits per heavy atom. The van der Waals surface area contributed by atoms with Crippen LogP contribution in [0.1, 0.15) is 18.1 Å². The third-order valence-corrected chi connectivity index (χ3v) is 2.83. The SMILES string of the molecule is CCc1ccc(-c2ccc(CO)c(=O)[nH]2)cc1. The fourth-order valence-corrected chi connectivity index (χ4v) is 1.72. The van der Waals surface area contributed by atoms with Crippen molar-refractivity contribution >= 4 is 0 Å². The third kappa shape index (κ3) is 2.45. The number of aliphatic hydroxyl groups excluding tert-OH is 1. The Kier molecular flexibility index (Phi) is 3.40. The quantitative estimate of drug-likeness (QED) is 0.846. The molecule has 2 rings (SSSR count). The van der Waals surface area contributed by atoms with Crippen LogP contribution in [-0.4, -0.2) is 10.1 Å². The molecule has 2 N–H and O–H groups in total. The first-order valence-corrected chi connectivity index (χ1v) is 5.67. The van der Waals surface area contributed by atoms with E-state index in [-0.39, 0.29) is 12.2 Å². The number of nitrogens with one attached hydrogen (secondary N) is 1. The van der Waals surface area contributed by atoms with E-state index in [9.17, 15) is 4.79 Å². The first-order chi connectivity index (χ1) is 8.24.